The second-order valence-corrected chi connectivity index (χ2v) is 4.78. The average Bonchev–Trinajstić information content (AvgIpc) is 2.53. The van der Waals surface area contributed by atoms with E-state index in [-0.39, 0.29) is 0 Å². The minimum absolute atomic E-state index is 0.550. The third-order valence-corrected chi connectivity index (χ3v) is 3.43. The lowest BCUT2D eigenvalue weighted by Gasteiger charge is -2.10. The molecule has 1 aromatic carbocycles. The van der Waals surface area contributed by atoms with Gasteiger partial charge in [-0.25, -0.2) is 4.68 Å². The maximum Gasteiger partial charge on any atom is 0.241 e. The van der Waals surface area contributed by atoms with E-state index in [9.17, 15) is 0 Å². The summed E-state index contributed by atoms with van der Waals surface area (Å²) in [6.07, 6.45) is 0. The normalized spacial score (nSPS) is 10.7. The fourth-order valence-corrected chi connectivity index (χ4v) is 1.96. The van der Waals surface area contributed by atoms with Gasteiger partial charge >= 0.3 is 0 Å². The minimum atomic E-state index is 0.550. The molecule has 2 aromatic rings. The topological polar surface area (TPSA) is 53.1 Å². The highest BCUT2D eigenvalue weighted by Gasteiger charge is 2.13. The van der Waals surface area contributed by atoms with Crippen molar-refractivity contribution in [2.45, 2.75) is 20.8 Å². The highest BCUT2D eigenvalue weighted by molar-refractivity contribution is 6.32. The summed E-state index contributed by atoms with van der Waals surface area (Å²) in [5.74, 6) is 1.26. The fraction of sp³-hybridized carbons (Fsp3) is 0.308. The molecular formula is C13H16ClN3O. The molecule has 0 bridgehead atoms. The van der Waals surface area contributed by atoms with Gasteiger partial charge in [0.25, 0.3) is 0 Å². The Bertz CT molecular complexity index is 582. The zero-order valence-corrected chi connectivity index (χ0v) is 11.7. The van der Waals surface area contributed by atoms with Gasteiger partial charge in [-0.15, -0.1) is 0 Å². The molecule has 0 atom stereocenters. The lowest BCUT2D eigenvalue weighted by atomic mass is 10.1. The maximum atomic E-state index is 6.12. The van der Waals surface area contributed by atoms with E-state index < -0.39 is 0 Å². The standard InChI is InChI=1S/C13H16ClN3O/c1-7-5-10(6-8(2)11(7)14)18-13-12(15)9(3)16-17(13)4/h5-6H,15H2,1-4H3. The summed E-state index contributed by atoms with van der Waals surface area (Å²) >= 11 is 6.12. The van der Waals surface area contributed by atoms with Gasteiger partial charge in [0.05, 0.1) is 5.69 Å². The monoisotopic (exact) mass is 265 g/mol. The summed E-state index contributed by atoms with van der Waals surface area (Å²) in [6.45, 7) is 5.74. The molecule has 1 heterocycles. The van der Waals surface area contributed by atoms with Gasteiger partial charge in [-0.1, -0.05) is 11.6 Å². The molecule has 0 saturated carbocycles. The number of anilines is 1. The predicted molar refractivity (Wildman–Crippen MR) is 73.4 cm³/mol. The summed E-state index contributed by atoms with van der Waals surface area (Å²) in [6, 6.07) is 3.77. The lowest BCUT2D eigenvalue weighted by Crippen LogP contribution is -1.98. The van der Waals surface area contributed by atoms with Crippen molar-refractivity contribution in [1.29, 1.82) is 0 Å². The van der Waals surface area contributed by atoms with Crippen LogP contribution in [0.15, 0.2) is 12.1 Å². The van der Waals surface area contributed by atoms with Crippen LogP contribution in [-0.2, 0) is 7.05 Å². The number of benzene rings is 1. The largest absolute Gasteiger partial charge is 0.437 e. The van der Waals surface area contributed by atoms with Crippen LogP contribution in [0.4, 0.5) is 5.69 Å². The number of aryl methyl sites for hydroxylation is 4. The number of hydrogen-bond acceptors (Lipinski definition) is 3. The van der Waals surface area contributed by atoms with E-state index in [1.807, 2.05) is 32.9 Å². The zero-order valence-electron chi connectivity index (χ0n) is 10.9. The molecule has 2 N–H and O–H groups in total. The van der Waals surface area contributed by atoms with Gasteiger partial charge in [-0.3, -0.25) is 0 Å². The highest BCUT2D eigenvalue weighted by Crippen LogP contribution is 2.32. The smallest absolute Gasteiger partial charge is 0.241 e. The van der Waals surface area contributed by atoms with Crippen molar-refractivity contribution < 1.29 is 4.74 Å². The second kappa shape index (κ2) is 4.53. The number of hydrogen-bond donors (Lipinski definition) is 1. The molecule has 18 heavy (non-hydrogen) atoms. The maximum absolute atomic E-state index is 6.12. The molecule has 1 aromatic heterocycles. The van der Waals surface area contributed by atoms with Crippen molar-refractivity contribution in [3.8, 4) is 11.6 Å². The van der Waals surface area contributed by atoms with Gasteiger partial charge in [0.2, 0.25) is 5.88 Å². The molecule has 5 heteroatoms. The van der Waals surface area contributed by atoms with Gasteiger partial charge in [0.1, 0.15) is 11.4 Å². The Kier molecular flexibility index (Phi) is 3.22. The summed E-state index contributed by atoms with van der Waals surface area (Å²) < 4.78 is 7.42. The van der Waals surface area contributed by atoms with E-state index in [1.54, 1.807) is 11.7 Å². The Morgan fingerprint density at radius 2 is 1.78 bits per heavy atom. The summed E-state index contributed by atoms with van der Waals surface area (Å²) in [4.78, 5) is 0. The average molecular weight is 266 g/mol. The quantitative estimate of drug-likeness (QED) is 0.906. The molecule has 0 amide bonds. The van der Waals surface area contributed by atoms with Crippen molar-refractivity contribution in [1.82, 2.24) is 9.78 Å². The molecule has 0 aliphatic heterocycles. The van der Waals surface area contributed by atoms with Crippen molar-refractivity contribution in [2.24, 2.45) is 7.05 Å². The van der Waals surface area contributed by atoms with E-state index in [2.05, 4.69) is 5.10 Å². The SMILES string of the molecule is Cc1cc(Oc2c(N)c(C)nn2C)cc(C)c1Cl. The van der Waals surface area contributed by atoms with Gasteiger partial charge in [-0.2, -0.15) is 5.10 Å². The highest BCUT2D eigenvalue weighted by atomic mass is 35.5. The van der Waals surface area contributed by atoms with Crippen molar-refractivity contribution in [3.63, 3.8) is 0 Å². The van der Waals surface area contributed by atoms with Crippen LogP contribution in [0.2, 0.25) is 5.02 Å². The van der Waals surface area contributed by atoms with E-state index in [1.165, 1.54) is 0 Å². The molecule has 0 aliphatic carbocycles. The fourth-order valence-electron chi connectivity index (χ4n) is 1.85. The number of nitrogens with zero attached hydrogens (tertiary/aromatic N) is 2. The first-order valence-corrected chi connectivity index (χ1v) is 6.01. The molecule has 4 nitrogen and oxygen atoms in total. The van der Waals surface area contributed by atoms with Crippen molar-refractivity contribution in [3.05, 3.63) is 34.0 Å². The molecule has 0 saturated heterocycles. The Hall–Kier alpha value is -1.68. The van der Waals surface area contributed by atoms with Crippen molar-refractivity contribution >= 4 is 17.3 Å². The van der Waals surface area contributed by atoms with Gasteiger partial charge in [-0.05, 0) is 44.0 Å². The number of nitrogen functional groups attached to an aromatic ring is 1. The van der Waals surface area contributed by atoms with Gasteiger partial charge in [0, 0.05) is 12.1 Å². The number of halogens is 1. The van der Waals surface area contributed by atoms with Crippen LogP contribution in [0.5, 0.6) is 11.6 Å². The first-order valence-electron chi connectivity index (χ1n) is 5.64. The Balaban J connectivity index is 2.40. The minimum Gasteiger partial charge on any atom is -0.437 e. The molecule has 0 spiro atoms. The van der Waals surface area contributed by atoms with E-state index in [4.69, 9.17) is 22.1 Å². The number of ether oxygens (including phenoxy) is 1. The van der Waals surface area contributed by atoms with Crippen LogP contribution in [0.3, 0.4) is 0 Å². The zero-order chi connectivity index (χ0) is 13.4. The predicted octanol–water partition coefficient (Wildman–Crippen LogP) is 3.37. The third kappa shape index (κ3) is 2.16. The molecule has 0 fully saturated rings. The molecule has 96 valence electrons. The van der Waals surface area contributed by atoms with Crippen LogP contribution >= 0.6 is 11.6 Å². The first kappa shape index (κ1) is 12.8. The van der Waals surface area contributed by atoms with Crippen molar-refractivity contribution in [2.75, 3.05) is 5.73 Å². The Morgan fingerprint density at radius 3 is 2.22 bits per heavy atom. The van der Waals surface area contributed by atoms with Crippen LogP contribution in [0.1, 0.15) is 16.8 Å². The second-order valence-electron chi connectivity index (χ2n) is 4.40. The molecule has 0 unspecified atom stereocenters. The van der Waals surface area contributed by atoms with Crippen LogP contribution < -0.4 is 10.5 Å². The first-order chi connectivity index (χ1) is 8.40. The van der Waals surface area contributed by atoms with Crippen LogP contribution in [-0.4, -0.2) is 9.78 Å². The Labute approximate surface area is 111 Å². The summed E-state index contributed by atoms with van der Waals surface area (Å²) in [7, 11) is 1.80. The van der Waals surface area contributed by atoms with E-state index in [0.717, 1.165) is 21.8 Å². The van der Waals surface area contributed by atoms with Gasteiger partial charge < -0.3 is 10.5 Å². The van der Waals surface area contributed by atoms with Crippen LogP contribution in [0.25, 0.3) is 0 Å². The van der Waals surface area contributed by atoms with Crippen LogP contribution in [0, 0.1) is 20.8 Å². The van der Waals surface area contributed by atoms with Gasteiger partial charge in [0.15, 0.2) is 0 Å². The summed E-state index contributed by atoms with van der Waals surface area (Å²) in [5, 5.41) is 4.97. The van der Waals surface area contributed by atoms with E-state index in [0.29, 0.717) is 17.3 Å². The summed E-state index contributed by atoms with van der Waals surface area (Å²) in [5.41, 5.74) is 9.19. The third-order valence-electron chi connectivity index (χ3n) is 2.84. The molecular weight excluding hydrogens is 250 g/mol. The Morgan fingerprint density at radius 1 is 1.22 bits per heavy atom. The number of nitrogens with two attached hydrogens (primary N) is 1. The van der Waals surface area contributed by atoms with E-state index >= 15 is 0 Å². The molecule has 0 radical (unpaired) electrons. The number of rotatable bonds is 2. The number of aromatic nitrogens is 2. The lowest BCUT2D eigenvalue weighted by molar-refractivity contribution is 0.432. The molecule has 0 aliphatic rings. The molecule has 2 rings (SSSR count).